The molecule has 0 radical (unpaired) electrons. The van der Waals surface area contributed by atoms with Gasteiger partial charge in [-0.25, -0.2) is 9.37 Å². The van der Waals surface area contributed by atoms with Crippen LogP contribution in [-0.4, -0.2) is 20.7 Å². The van der Waals surface area contributed by atoms with Gasteiger partial charge in [0.05, 0.1) is 11.1 Å². The minimum Gasteiger partial charge on any atom is -0.296 e. The van der Waals surface area contributed by atoms with E-state index in [1.165, 1.54) is 28.2 Å². The largest absolute Gasteiger partial charge is 0.296 e. The van der Waals surface area contributed by atoms with E-state index in [1.807, 2.05) is 12.1 Å². The molecule has 5 aromatic rings. The van der Waals surface area contributed by atoms with Gasteiger partial charge in [0, 0.05) is 22.9 Å². The third kappa shape index (κ3) is 4.28. The van der Waals surface area contributed by atoms with E-state index in [4.69, 9.17) is 0 Å². The molecule has 162 valence electrons. The molecule has 33 heavy (non-hydrogen) atoms. The minimum atomic E-state index is -0.470. The fraction of sp³-hybridized carbons (Fsp3) is 0.0400. The monoisotopic (exact) mass is 456 g/mol. The van der Waals surface area contributed by atoms with Gasteiger partial charge in [-0.1, -0.05) is 48.5 Å². The second-order valence-electron chi connectivity index (χ2n) is 7.34. The van der Waals surface area contributed by atoms with E-state index in [0.717, 1.165) is 10.4 Å². The lowest BCUT2D eigenvalue weighted by Gasteiger charge is -2.10. The molecule has 2 aromatic heterocycles. The summed E-state index contributed by atoms with van der Waals surface area (Å²) in [5, 5.41) is 8.42. The SMILES string of the molecule is O=C(Nc1ncc(Cc2cccc(F)c2)s1)c1nn(-c2ccccc2)c(=O)c2ccccc12. The lowest BCUT2D eigenvalue weighted by molar-refractivity contribution is 0.102. The van der Waals surface area contributed by atoms with Crippen LogP contribution in [0.5, 0.6) is 0 Å². The summed E-state index contributed by atoms with van der Waals surface area (Å²) in [6.07, 6.45) is 2.16. The molecule has 0 spiro atoms. The lowest BCUT2D eigenvalue weighted by atomic mass is 10.1. The minimum absolute atomic E-state index is 0.121. The molecule has 0 saturated carbocycles. The first-order valence-electron chi connectivity index (χ1n) is 10.2. The van der Waals surface area contributed by atoms with Crippen molar-refractivity contribution in [3.8, 4) is 5.69 Å². The highest BCUT2D eigenvalue weighted by molar-refractivity contribution is 7.15. The highest BCUT2D eigenvalue weighted by atomic mass is 32.1. The maximum atomic E-state index is 13.4. The number of fused-ring (bicyclic) bond motifs is 1. The average molecular weight is 457 g/mol. The van der Waals surface area contributed by atoms with Crippen LogP contribution in [0.2, 0.25) is 0 Å². The zero-order chi connectivity index (χ0) is 22.8. The number of benzene rings is 3. The van der Waals surface area contributed by atoms with Crippen molar-refractivity contribution in [1.82, 2.24) is 14.8 Å². The Bertz CT molecular complexity index is 1530. The van der Waals surface area contributed by atoms with E-state index >= 15 is 0 Å². The summed E-state index contributed by atoms with van der Waals surface area (Å²) in [6, 6.07) is 22.2. The molecule has 0 bridgehead atoms. The fourth-order valence-electron chi connectivity index (χ4n) is 3.55. The molecule has 6 nitrogen and oxygen atoms in total. The van der Waals surface area contributed by atoms with Crippen molar-refractivity contribution in [1.29, 1.82) is 0 Å². The molecule has 2 heterocycles. The van der Waals surface area contributed by atoms with Gasteiger partial charge in [-0.05, 0) is 35.9 Å². The van der Waals surface area contributed by atoms with Crippen molar-refractivity contribution in [3.63, 3.8) is 0 Å². The summed E-state index contributed by atoms with van der Waals surface area (Å²) < 4.78 is 14.7. The Morgan fingerprint density at radius 2 is 1.73 bits per heavy atom. The third-order valence-electron chi connectivity index (χ3n) is 5.06. The molecule has 0 atom stereocenters. The molecule has 0 aliphatic rings. The van der Waals surface area contributed by atoms with Crippen LogP contribution in [0.4, 0.5) is 9.52 Å². The van der Waals surface area contributed by atoms with Crippen LogP contribution < -0.4 is 10.9 Å². The Kier molecular flexibility index (Phi) is 5.50. The Hall–Kier alpha value is -4.17. The number of carbonyl (C=O) groups excluding carboxylic acids is 1. The van der Waals surface area contributed by atoms with Crippen LogP contribution in [0.15, 0.2) is 89.9 Å². The van der Waals surface area contributed by atoms with Crippen LogP contribution in [0.25, 0.3) is 16.5 Å². The fourth-order valence-corrected chi connectivity index (χ4v) is 4.39. The topological polar surface area (TPSA) is 76.9 Å². The number of anilines is 1. The van der Waals surface area contributed by atoms with Crippen LogP contribution >= 0.6 is 11.3 Å². The molecular formula is C25H17FN4O2S. The number of amides is 1. The van der Waals surface area contributed by atoms with E-state index < -0.39 is 5.91 Å². The van der Waals surface area contributed by atoms with E-state index in [9.17, 15) is 14.0 Å². The van der Waals surface area contributed by atoms with Gasteiger partial charge in [0.15, 0.2) is 10.8 Å². The predicted octanol–water partition coefficient (Wildman–Crippen LogP) is 4.82. The standard InChI is InChI=1S/C25H17FN4O2S/c26-17-8-6-7-16(13-17)14-19-15-27-25(33-19)28-23(31)22-20-11-4-5-12-21(20)24(32)30(29-22)18-9-2-1-3-10-18/h1-13,15H,14H2,(H,27,28,31). The van der Waals surface area contributed by atoms with E-state index in [0.29, 0.717) is 28.0 Å². The van der Waals surface area contributed by atoms with Crippen molar-refractivity contribution < 1.29 is 9.18 Å². The van der Waals surface area contributed by atoms with Gasteiger partial charge in [0.2, 0.25) is 0 Å². The first-order valence-corrected chi connectivity index (χ1v) is 11.0. The first-order chi connectivity index (χ1) is 16.1. The van der Waals surface area contributed by atoms with E-state index in [-0.39, 0.29) is 17.1 Å². The number of para-hydroxylation sites is 1. The second-order valence-corrected chi connectivity index (χ2v) is 8.45. The number of nitrogens with zero attached hydrogens (tertiary/aromatic N) is 3. The maximum absolute atomic E-state index is 13.4. The van der Waals surface area contributed by atoms with Gasteiger partial charge < -0.3 is 0 Å². The molecule has 0 saturated heterocycles. The molecular weight excluding hydrogens is 439 g/mol. The van der Waals surface area contributed by atoms with Gasteiger partial charge in [0.1, 0.15) is 5.82 Å². The average Bonchev–Trinajstić information content (AvgIpc) is 3.26. The molecule has 0 aliphatic carbocycles. The molecule has 0 aliphatic heterocycles. The van der Waals surface area contributed by atoms with Crippen molar-refractivity contribution in [2.75, 3.05) is 5.32 Å². The Labute approximate surface area is 192 Å². The number of hydrogen-bond donors (Lipinski definition) is 1. The zero-order valence-electron chi connectivity index (χ0n) is 17.2. The van der Waals surface area contributed by atoms with E-state index in [1.54, 1.807) is 60.8 Å². The van der Waals surface area contributed by atoms with Crippen molar-refractivity contribution >= 4 is 33.1 Å². The van der Waals surface area contributed by atoms with Crippen molar-refractivity contribution in [3.05, 3.63) is 117 Å². The van der Waals surface area contributed by atoms with Crippen molar-refractivity contribution in [2.45, 2.75) is 6.42 Å². The van der Waals surface area contributed by atoms with E-state index in [2.05, 4.69) is 15.4 Å². The molecule has 0 unspecified atom stereocenters. The molecule has 3 aromatic carbocycles. The summed E-state index contributed by atoms with van der Waals surface area (Å²) in [5.74, 6) is -0.764. The zero-order valence-corrected chi connectivity index (χ0v) is 18.1. The summed E-state index contributed by atoms with van der Waals surface area (Å²) in [6.45, 7) is 0. The Balaban J connectivity index is 1.47. The van der Waals surface area contributed by atoms with Gasteiger partial charge in [0.25, 0.3) is 11.5 Å². The number of nitrogens with one attached hydrogen (secondary N) is 1. The highest BCUT2D eigenvalue weighted by Crippen LogP contribution is 2.23. The van der Waals surface area contributed by atoms with Crippen LogP contribution in [0, 0.1) is 5.82 Å². The summed E-state index contributed by atoms with van der Waals surface area (Å²) >= 11 is 1.30. The Morgan fingerprint density at radius 1 is 0.970 bits per heavy atom. The molecule has 1 amide bonds. The number of hydrogen-bond acceptors (Lipinski definition) is 5. The maximum Gasteiger partial charge on any atom is 0.279 e. The van der Waals surface area contributed by atoms with Crippen molar-refractivity contribution in [2.24, 2.45) is 0 Å². The first kappa shape index (κ1) is 20.7. The summed E-state index contributed by atoms with van der Waals surface area (Å²) in [5.41, 5.74) is 1.20. The van der Waals surface area contributed by atoms with Gasteiger partial charge in [-0.2, -0.15) is 9.78 Å². The normalized spacial score (nSPS) is 10.9. The second kappa shape index (κ2) is 8.76. The van der Waals surface area contributed by atoms with Crippen LogP contribution in [-0.2, 0) is 6.42 Å². The predicted molar refractivity (Wildman–Crippen MR) is 127 cm³/mol. The number of thiazole rings is 1. The number of rotatable bonds is 5. The highest BCUT2D eigenvalue weighted by Gasteiger charge is 2.18. The molecule has 1 N–H and O–H groups in total. The third-order valence-corrected chi connectivity index (χ3v) is 5.97. The summed E-state index contributed by atoms with van der Waals surface area (Å²) in [7, 11) is 0. The number of carbonyl (C=O) groups is 1. The quantitative estimate of drug-likeness (QED) is 0.411. The number of aromatic nitrogens is 3. The molecule has 8 heteroatoms. The van der Waals surface area contributed by atoms with Gasteiger partial charge >= 0.3 is 0 Å². The van der Waals surface area contributed by atoms with Gasteiger partial charge in [-0.3, -0.25) is 14.9 Å². The number of halogens is 1. The smallest absolute Gasteiger partial charge is 0.279 e. The Morgan fingerprint density at radius 3 is 2.52 bits per heavy atom. The van der Waals surface area contributed by atoms with Crippen LogP contribution in [0.3, 0.4) is 0 Å². The molecule has 5 rings (SSSR count). The van der Waals surface area contributed by atoms with Crippen LogP contribution in [0.1, 0.15) is 20.9 Å². The lowest BCUT2D eigenvalue weighted by Crippen LogP contribution is -2.26. The van der Waals surface area contributed by atoms with Gasteiger partial charge in [-0.15, -0.1) is 11.3 Å². The molecule has 0 fully saturated rings. The summed E-state index contributed by atoms with van der Waals surface area (Å²) in [4.78, 5) is 31.3.